The Morgan fingerprint density at radius 1 is 1.30 bits per heavy atom. The molecule has 0 bridgehead atoms. The number of nitriles is 2. The molecule has 0 atom stereocenters. The first-order chi connectivity index (χ1) is 9.67. The van der Waals surface area contributed by atoms with Crippen LogP contribution in [-0.4, -0.2) is 30.5 Å². The molecule has 0 aromatic heterocycles. The van der Waals surface area contributed by atoms with Crippen molar-refractivity contribution in [3.63, 3.8) is 0 Å². The smallest absolute Gasteiger partial charge is 0.224 e. The van der Waals surface area contributed by atoms with E-state index in [1.807, 2.05) is 43.3 Å². The molecule has 0 fully saturated rings. The van der Waals surface area contributed by atoms with Crippen molar-refractivity contribution >= 4 is 5.91 Å². The number of nitrogens with zero attached hydrogens (tertiary/aromatic N) is 3. The average molecular weight is 271 g/mol. The molecule has 0 radical (unpaired) electrons. The van der Waals surface area contributed by atoms with Crippen LogP contribution in [0.5, 0.6) is 5.75 Å². The Bertz CT molecular complexity index is 513. The molecule has 0 N–H and O–H groups in total. The van der Waals surface area contributed by atoms with Crippen LogP contribution in [0.25, 0.3) is 0 Å². The summed E-state index contributed by atoms with van der Waals surface area (Å²) in [6.45, 7) is 2.32. The molecule has 5 nitrogen and oxygen atoms in total. The summed E-state index contributed by atoms with van der Waals surface area (Å²) in [7, 11) is 0. The number of benzene rings is 1. The molecule has 104 valence electrons. The first-order valence-corrected chi connectivity index (χ1v) is 6.38. The van der Waals surface area contributed by atoms with Gasteiger partial charge in [0.1, 0.15) is 18.8 Å². The maximum atomic E-state index is 11.8. The second-order valence-electron chi connectivity index (χ2n) is 4.33. The van der Waals surface area contributed by atoms with Crippen molar-refractivity contribution in [2.75, 3.05) is 19.7 Å². The van der Waals surface area contributed by atoms with Gasteiger partial charge in [0, 0.05) is 6.42 Å². The fourth-order valence-electron chi connectivity index (χ4n) is 1.68. The van der Waals surface area contributed by atoms with Gasteiger partial charge in [0.15, 0.2) is 0 Å². The minimum absolute atomic E-state index is 0.0505. The minimum atomic E-state index is -0.194. The standard InChI is InChI=1S/C15H17N3O2/c1-13-4-2-5-14(12-13)20-11-3-6-15(19)18(9-7-16)10-8-17/h2,4-5,12H,3,6,9-11H2,1H3. The summed E-state index contributed by atoms with van der Waals surface area (Å²) in [5, 5.41) is 17.2. The lowest BCUT2D eigenvalue weighted by Crippen LogP contribution is -2.31. The molecule has 20 heavy (non-hydrogen) atoms. The molecule has 0 saturated heterocycles. The summed E-state index contributed by atoms with van der Waals surface area (Å²) in [5.41, 5.74) is 1.12. The van der Waals surface area contributed by atoms with Gasteiger partial charge in [0.05, 0.1) is 18.7 Å². The molecule has 0 unspecified atom stereocenters. The lowest BCUT2D eigenvalue weighted by molar-refractivity contribution is -0.130. The molecular formula is C15H17N3O2. The molecule has 0 saturated carbocycles. The van der Waals surface area contributed by atoms with Crippen molar-refractivity contribution in [3.05, 3.63) is 29.8 Å². The van der Waals surface area contributed by atoms with Crippen LogP contribution in [0, 0.1) is 29.6 Å². The van der Waals surface area contributed by atoms with Gasteiger partial charge in [-0.3, -0.25) is 4.79 Å². The Morgan fingerprint density at radius 2 is 2.00 bits per heavy atom. The second-order valence-corrected chi connectivity index (χ2v) is 4.33. The van der Waals surface area contributed by atoms with Crippen molar-refractivity contribution in [3.8, 4) is 17.9 Å². The van der Waals surface area contributed by atoms with E-state index in [-0.39, 0.29) is 25.4 Å². The molecule has 0 spiro atoms. The van der Waals surface area contributed by atoms with Gasteiger partial charge in [-0.05, 0) is 31.0 Å². The van der Waals surface area contributed by atoms with Crippen LogP contribution < -0.4 is 4.74 Å². The summed E-state index contributed by atoms with van der Waals surface area (Å²) in [6, 6.07) is 11.5. The topological polar surface area (TPSA) is 77.1 Å². The van der Waals surface area contributed by atoms with E-state index in [1.54, 1.807) is 0 Å². The molecule has 0 aliphatic rings. The quantitative estimate of drug-likeness (QED) is 0.561. The van der Waals surface area contributed by atoms with E-state index in [2.05, 4.69) is 0 Å². The normalized spacial score (nSPS) is 9.35. The van der Waals surface area contributed by atoms with Crippen molar-refractivity contribution in [1.29, 1.82) is 10.5 Å². The van der Waals surface area contributed by atoms with Crippen LogP contribution in [0.3, 0.4) is 0 Å². The van der Waals surface area contributed by atoms with Crippen LogP contribution in [0.1, 0.15) is 18.4 Å². The Hall–Kier alpha value is -2.53. The molecule has 1 aromatic carbocycles. The number of ether oxygens (including phenoxy) is 1. The predicted octanol–water partition coefficient (Wildman–Crippen LogP) is 2.03. The Balaban J connectivity index is 2.31. The number of hydrogen-bond donors (Lipinski definition) is 0. The molecule has 0 aliphatic carbocycles. The van der Waals surface area contributed by atoms with Gasteiger partial charge in [-0.2, -0.15) is 10.5 Å². The molecule has 0 heterocycles. The third-order valence-electron chi connectivity index (χ3n) is 2.67. The maximum absolute atomic E-state index is 11.8. The Kier molecular flexibility index (Phi) is 6.64. The number of hydrogen-bond acceptors (Lipinski definition) is 4. The molecule has 5 heteroatoms. The largest absolute Gasteiger partial charge is 0.494 e. The van der Waals surface area contributed by atoms with Gasteiger partial charge in [-0.1, -0.05) is 12.1 Å². The predicted molar refractivity (Wildman–Crippen MR) is 73.7 cm³/mol. The lowest BCUT2D eigenvalue weighted by atomic mass is 10.2. The SMILES string of the molecule is Cc1cccc(OCCCC(=O)N(CC#N)CC#N)c1. The van der Waals surface area contributed by atoms with E-state index in [0.717, 1.165) is 11.3 Å². The molecule has 0 aliphatic heterocycles. The van der Waals surface area contributed by atoms with E-state index in [4.69, 9.17) is 15.3 Å². The van der Waals surface area contributed by atoms with Crippen LogP contribution >= 0.6 is 0 Å². The third-order valence-corrected chi connectivity index (χ3v) is 2.67. The highest BCUT2D eigenvalue weighted by Crippen LogP contribution is 2.12. The van der Waals surface area contributed by atoms with Crippen LogP contribution in [0.2, 0.25) is 0 Å². The first-order valence-electron chi connectivity index (χ1n) is 6.38. The highest BCUT2D eigenvalue weighted by molar-refractivity contribution is 5.76. The van der Waals surface area contributed by atoms with Crippen molar-refractivity contribution in [2.24, 2.45) is 0 Å². The van der Waals surface area contributed by atoms with Crippen LogP contribution in [0.15, 0.2) is 24.3 Å². The van der Waals surface area contributed by atoms with E-state index in [0.29, 0.717) is 13.0 Å². The van der Waals surface area contributed by atoms with Crippen LogP contribution in [0.4, 0.5) is 0 Å². The van der Waals surface area contributed by atoms with Crippen LogP contribution in [-0.2, 0) is 4.79 Å². The summed E-state index contributed by atoms with van der Waals surface area (Å²) < 4.78 is 5.54. The number of carbonyl (C=O) groups excluding carboxylic acids is 1. The average Bonchev–Trinajstić information content (AvgIpc) is 2.43. The zero-order valence-corrected chi connectivity index (χ0v) is 11.5. The maximum Gasteiger partial charge on any atom is 0.224 e. The lowest BCUT2D eigenvalue weighted by Gasteiger charge is -2.15. The summed E-state index contributed by atoms with van der Waals surface area (Å²) >= 11 is 0. The van der Waals surface area contributed by atoms with Crippen molar-refractivity contribution in [2.45, 2.75) is 19.8 Å². The fourth-order valence-corrected chi connectivity index (χ4v) is 1.68. The van der Waals surface area contributed by atoms with Gasteiger partial charge in [0.2, 0.25) is 5.91 Å². The first kappa shape index (κ1) is 15.5. The summed E-state index contributed by atoms with van der Waals surface area (Å²) in [6.07, 6.45) is 0.829. The zero-order valence-electron chi connectivity index (χ0n) is 11.5. The van der Waals surface area contributed by atoms with Gasteiger partial charge in [-0.25, -0.2) is 0 Å². The van der Waals surface area contributed by atoms with E-state index in [1.165, 1.54) is 4.90 Å². The van der Waals surface area contributed by atoms with Gasteiger partial charge < -0.3 is 9.64 Å². The summed E-state index contributed by atoms with van der Waals surface area (Å²) in [4.78, 5) is 13.0. The van der Waals surface area contributed by atoms with Crippen molar-refractivity contribution < 1.29 is 9.53 Å². The number of rotatable bonds is 7. The zero-order chi connectivity index (χ0) is 14.8. The molecular weight excluding hydrogens is 254 g/mol. The fraction of sp³-hybridized carbons (Fsp3) is 0.400. The molecule has 1 rings (SSSR count). The van der Waals surface area contributed by atoms with E-state index >= 15 is 0 Å². The van der Waals surface area contributed by atoms with Gasteiger partial charge in [-0.15, -0.1) is 0 Å². The third kappa shape index (κ3) is 5.41. The second kappa shape index (κ2) is 8.55. The van der Waals surface area contributed by atoms with E-state index < -0.39 is 0 Å². The van der Waals surface area contributed by atoms with Crippen molar-refractivity contribution in [1.82, 2.24) is 4.90 Å². The van der Waals surface area contributed by atoms with E-state index in [9.17, 15) is 4.79 Å². The highest BCUT2D eigenvalue weighted by atomic mass is 16.5. The number of aryl methyl sites for hydroxylation is 1. The monoisotopic (exact) mass is 271 g/mol. The number of carbonyl (C=O) groups is 1. The minimum Gasteiger partial charge on any atom is -0.494 e. The summed E-state index contributed by atoms with van der Waals surface area (Å²) in [5.74, 6) is 0.587. The Labute approximate surface area is 119 Å². The molecule has 1 amide bonds. The highest BCUT2D eigenvalue weighted by Gasteiger charge is 2.12. The Morgan fingerprint density at radius 3 is 2.60 bits per heavy atom. The molecule has 1 aromatic rings. The number of amides is 1. The van der Waals surface area contributed by atoms with Gasteiger partial charge in [0.25, 0.3) is 0 Å². The van der Waals surface area contributed by atoms with Gasteiger partial charge >= 0.3 is 0 Å².